The highest BCUT2D eigenvalue weighted by molar-refractivity contribution is 5.79. The van der Waals surface area contributed by atoms with Crippen LogP contribution in [-0.2, 0) is 9.53 Å². The minimum atomic E-state index is -0.966. The van der Waals surface area contributed by atoms with Gasteiger partial charge in [0.15, 0.2) is 0 Å². The molecule has 2 aromatic carbocycles. The normalized spacial score (nSPS) is 14.1. The van der Waals surface area contributed by atoms with Gasteiger partial charge in [-0.25, -0.2) is 4.79 Å². The van der Waals surface area contributed by atoms with Crippen LogP contribution in [0.4, 0.5) is 4.79 Å². The van der Waals surface area contributed by atoms with E-state index < -0.39 is 18.1 Å². The van der Waals surface area contributed by atoms with E-state index in [9.17, 15) is 9.59 Å². The molecule has 0 fully saturated rings. The number of ether oxygens (including phenoxy) is 1. The van der Waals surface area contributed by atoms with E-state index in [0.29, 0.717) is 0 Å². The maximum atomic E-state index is 11.9. The molecule has 3 rings (SSSR count). The molecule has 1 unspecified atom stereocenters. The van der Waals surface area contributed by atoms with Gasteiger partial charge in [0, 0.05) is 5.92 Å². The predicted octanol–water partition coefficient (Wildman–Crippen LogP) is 4.04. The van der Waals surface area contributed by atoms with Crippen LogP contribution in [0.1, 0.15) is 30.9 Å². The van der Waals surface area contributed by atoms with Crippen molar-refractivity contribution in [1.29, 1.82) is 0 Å². The molecule has 1 aliphatic rings. The number of carboxylic acids is 1. The third kappa shape index (κ3) is 4.26. The van der Waals surface area contributed by atoms with Gasteiger partial charge in [-0.05, 0) is 28.2 Å². The van der Waals surface area contributed by atoms with Crippen molar-refractivity contribution in [1.82, 2.24) is 5.32 Å². The first-order valence-electron chi connectivity index (χ1n) is 9.17. The number of azo groups is 1. The lowest BCUT2D eigenvalue weighted by molar-refractivity contribution is -0.140. The largest absolute Gasteiger partial charge is 0.480 e. The number of benzene rings is 2. The fourth-order valence-electron chi connectivity index (χ4n) is 3.46. The summed E-state index contributed by atoms with van der Waals surface area (Å²) in [6, 6.07) is 15.4. The Bertz CT molecular complexity index is 849. The summed E-state index contributed by atoms with van der Waals surface area (Å²) in [5.74, 6) is -1.12. The Morgan fingerprint density at radius 1 is 1.07 bits per heavy atom. The van der Waals surface area contributed by atoms with Crippen LogP contribution in [0.5, 0.6) is 0 Å². The quantitative estimate of drug-likeness (QED) is 0.705. The fourth-order valence-corrected chi connectivity index (χ4v) is 3.46. The van der Waals surface area contributed by atoms with E-state index in [2.05, 4.69) is 27.7 Å². The molecule has 1 amide bonds. The second-order valence-electron chi connectivity index (χ2n) is 6.97. The number of amides is 1. The number of hydrogen-bond donors (Lipinski definition) is 2. The monoisotopic (exact) mass is 381 g/mol. The second-order valence-corrected chi connectivity index (χ2v) is 6.97. The van der Waals surface area contributed by atoms with Crippen LogP contribution >= 0.6 is 0 Å². The number of rotatable bonds is 7. The van der Waals surface area contributed by atoms with E-state index in [1.54, 1.807) is 13.8 Å². The van der Waals surface area contributed by atoms with Crippen LogP contribution in [0, 0.1) is 5.92 Å². The molecule has 0 bridgehead atoms. The average molecular weight is 381 g/mol. The number of hydrogen-bond acceptors (Lipinski definition) is 5. The van der Waals surface area contributed by atoms with Gasteiger partial charge < -0.3 is 9.84 Å². The van der Waals surface area contributed by atoms with Gasteiger partial charge in [0.2, 0.25) is 0 Å². The highest BCUT2D eigenvalue weighted by atomic mass is 16.5. The topological polar surface area (TPSA) is 100 Å². The summed E-state index contributed by atoms with van der Waals surface area (Å²) < 4.78 is 5.30. The van der Waals surface area contributed by atoms with Gasteiger partial charge in [-0.15, -0.1) is 0 Å². The maximum absolute atomic E-state index is 11.9. The fraction of sp³-hybridized carbons (Fsp3) is 0.333. The maximum Gasteiger partial charge on any atom is 0.452 e. The van der Waals surface area contributed by atoms with E-state index in [-0.39, 0.29) is 25.1 Å². The second kappa shape index (κ2) is 8.75. The molecule has 1 atom stereocenters. The van der Waals surface area contributed by atoms with Crippen LogP contribution in [0.15, 0.2) is 58.8 Å². The summed E-state index contributed by atoms with van der Waals surface area (Å²) in [6.07, 6.45) is -0.792. The number of carboxylic acid groups (broad SMARTS) is 1. The van der Waals surface area contributed by atoms with Crippen molar-refractivity contribution in [2.75, 3.05) is 13.3 Å². The van der Waals surface area contributed by atoms with Crippen LogP contribution in [0.2, 0.25) is 0 Å². The van der Waals surface area contributed by atoms with Crippen molar-refractivity contribution in [2.45, 2.75) is 25.8 Å². The summed E-state index contributed by atoms with van der Waals surface area (Å²) in [6.45, 7) is 3.67. The lowest BCUT2D eigenvalue weighted by atomic mass is 9.98. The van der Waals surface area contributed by atoms with Crippen LogP contribution in [0.3, 0.4) is 0 Å². The molecular formula is C21H23N3O4. The molecule has 2 N–H and O–H groups in total. The third-order valence-corrected chi connectivity index (χ3v) is 4.80. The summed E-state index contributed by atoms with van der Waals surface area (Å²) in [4.78, 5) is 23.0. The van der Waals surface area contributed by atoms with E-state index >= 15 is 0 Å². The van der Waals surface area contributed by atoms with Gasteiger partial charge in [-0.3, -0.25) is 10.1 Å². The number of carbonyl (C=O) groups is 2. The van der Waals surface area contributed by atoms with Crippen molar-refractivity contribution in [2.24, 2.45) is 16.1 Å². The molecule has 7 nitrogen and oxygen atoms in total. The molecule has 28 heavy (non-hydrogen) atoms. The zero-order valence-corrected chi connectivity index (χ0v) is 15.8. The first-order valence-corrected chi connectivity index (χ1v) is 9.17. The Hall–Kier alpha value is -3.06. The zero-order chi connectivity index (χ0) is 20.1. The molecule has 0 radical (unpaired) electrons. The Labute approximate surface area is 163 Å². The Morgan fingerprint density at radius 3 is 2.18 bits per heavy atom. The summed E-state index contributed by atoms with van der Waals surface area (Å²) in [7, 11) is 0. The molecule has 0 heterocycles. The van der Waals surface area contributed by atoms with Crippen molar-refractivity contribution in [3.8, 4) is 11.1 Å². The Morgan fingerprint density at radius 2 is 1.64 bits per heavy atom. The van der Waals surface area contributed by atoms with Crippen molar-refractivity contribution in [3.05, 3.63) is 59.7 Å². The van der Waals surface area contributed by atoms with E-state index in [1.165, 1.54) is 0 Å². The van der Waals surface area contributed by atoms with Gasteiger partial charge in [0.05, 0.1) is 0 Å². The van der Waals surface area contributed by atoms with Crippen LogP contribution < -0.4 is 5.32 Å². The minimum absolute atomic E-state index is 0.0398. The molecular weight excluding hydrogens is 358 g/mol. The van der Waals surface area contributed by atoms with Crippen LogP contribution in [-0.4, -0.2) is 36.5 Å². The number of carbonyl (C=O) groups excluding carboxylic acids is 1. The summed E-state index contributed by atoms with van der Waals surface area (Å²) in [5.41, 5.74) is 4.55. The molecule has 146 valence electrons. The van der Waals surface area contributed by atoms with Crippen molar-refractivity contribution >= 4 is 12.1 Å². The summed E-state index contributed by atoms with van der Waals surface area (Å²) >= 11 is 0. The first-order chi connectivity index (χ1) is 13.5. The number of nitrogens with zero attached hydrogens (tertiary/aromatic N) is 2. The zero-order valence-electron chi connectivity index (χ0n) is 15.8. The molecule has 0 spiro atoms. The highest BCUT2D eigenvalue weighted by Crippen LogP contribution is 2.44. The molecule has 0 saturated carbocycles. The van der Waals surface area contributed by atoms with Crippen molar-refractivity contribution in [3.63, 3.8) is 0 Å². The Balaban J connectivity index is 1.57. The molecule has 0 aromatic heterocycles. The molecule has 0 saturated heterocycles. The predicted molar refractivity (Wildman–Crippen MR) is 104 cm³/mol. The van der Waals surface area contributed by atoms with Gasteiger partial charge in [0.1, 0.15) is 19.3 Å². The van der Waals surface area contributed by atoms with Gasteiger partial charge in [-0.2, -0.15) is 5.11 Å². The molecule has 7 heteroatoms. The lowest BCUT2D eigenvalue weighted by Crippen LogP contribution is -2.40. The molecule has 2 aromatic rings. The SMILES string of the molecule is CC(C)C(NCN=NC(=O)OCC1c2ccccc2-c2ccccc21)C(=O)O. The lowest BCUT2D eigenvalue weighted by Gasteiger charge is -2.15. The van der Waals surface area contributed by atoms with E-state index in [0.717, 1.165) is 22.3 Å². The van der Waals surface area contributed by atoms with Gasteiger partial charge in [-0.1, -0.05) is 67.5 Å². The van der Waals surface area contributed by atoms with Crippen LogP contribution in [0.25, 0.3) is 11.1 Å². The standard InChI is InChI=1S/C21H23N3O4/c1-13(2)19(20(25)26)22-12-23-24-21(27)28-11-18-16-9-5-3-7-14(16)15-8-4-6-10-17(15)18/h3-10,13,18-19,22H,11-12H2,1-2H3,(H,25,26). The van der Waals surface area contributed by atoms with E-state index in [4.69, 9.17) is 9.84 Å². The van der Waals surface area contributed by atoms with Crippen molar-refractivity contribution < 1.29 is 19.4 Å². The molecule has 1 aliphatic carbocycles. The highest BCUT2D eigenvalue weighted by Gasteiger charge is 2.29. The minimum Gasteiger partial charge on any atom is -0.480 e. The van der Waals surface area contributed by atoms with E-state index in [1.807, 2.05) is 36.4 Å². The number of nitrogens with one attached hydrogen (secondary N) is 1. The first kappa shape index (κ1) is 19.7. The molecule has 0 aliphatic heterocycles. The Kier molecular flexibility index (Phi) is 6.16. The average Bonchev–Trinajstić information content (AvgIpc) is 2.99. The smallest absolute Gasteiger partial charge is 0.452 e. The van der Waals surface area contributed by atoms with Gasteiger partial charge in [0.25, 0.3) is 0 Å². The number of fused-ring (bicyclic) bond motifs is 3. The summed E-state index contributed by atoms with van der Waals surface area (Å²) in [5, 5.41) is 19.0. The third-order valence-electron chi connectivity index (χ3n) is 4.80. The van der Waals surface area contributed by atoms with Gasteiger partial charge >= 0.3 is 12.1 Å². The number of aliphatic carboxylic acids is 1.